The molecule has 35 heavy (non-hydrogen) atoms. The van der Waals surface area contributed by atoms with Crippen molar-refractivity contribution in [1.29, 1.82) is 0 Å². The molecule has 0 saturated heterocycles. The van der Waals surface area contributed by atoms with E-state index < -0.39 is 35.2 Å². The van der Waals surface area contributed by atoms with Crippen LogP contribution in [0.15, 0.2) is 80.2 Å². The summed E-state index contributed by atoms with van der Waals surface area (Å²) in [6, 6.07) is 11.5. The lowest BCUT2D eigenvalue weighted by atomic mass is 9.98. The van der Waals surface area contributed by atoms with Crippen molar-refractivity contribution >= 4 is 55.6 Å². The summed E-state index contributed by atoms with van der Waals surface area (Å²) in [4.78, 5) is 28.4. The molecule has 2 aromatic heterocycles. The summed E-state index contributed by atoms with van der Waals surface area (Å²) in [7, 11) is 0. The minimum atomic E-state index is -4.64. The molecule has 178 valence electrons. The summed E-state index contributed by atoms with van der Waals surface area (Å²) in [6.07, 6.45) is -4.64. The number of anilines is 1. The van der Waals surface area contributed by atoms with Crippen LogP contribution in [0.3, 0.4) is 0 Å². The highest BCUT2D eigenvalue weighted by molar-refractivity contribution is 9.10. The van der Waals surface area contributed by atoms with E-state index in [1.807, 2.05) is 0 Å². The Morgan fingerprint density at radius 2 is 1.91 bits per heavy atom. The van der Waals surface area contributed by atoms with Gasteiger partial charge in [0, 0.05) is 20.4 Å². The summed E-state index contributed by atoms with van der Waals surface area (Å²) < 4.78 is 46.6. The smallest absolute Gasteiger partial charge is 0.416 e. The van der Waals surface area contributed by atoms with Crippen molar-refractivity contribution in [2.75, 3.05) is 4.90 Å². The van der Waals surface area contributed by atoms with E-state index in [4.69, 9.17) is 4.42 Å². The zero-order chi connectivity index (χ0) is 25.1. The fourth-order valence-electron chi connectivity index (χ4n) is 4.11. The lowest BCUT2D eigenvalue weighted by molar-refractivity contribution is -0.137. The van der Waals surface area contributed by atoms with E-state index in [1.165, 1.54) is 29.5 Å². The average Bonchev–Trinajstić information content (AvgIpc) is 3.49. The Balaban J connectivity index is 1.66. The third-order valence-electron chi connectivity index (χ3n) is 5.76. The minimum Gasteiger partial charge on any atom is -0.503 e. The molecule has 0 spiro atoms. The molecule has 3 heterocycles. The Morgan fingerprint density at radius 3 is 2.60 bits per heavy atom. The molecule has 5 nitrogen and oxygen atoms in total. The van der Waals surface area contributed by atoms with E-state index in [2.05, 4.69) is 15.9 Å². The second-order valence-electron chi connectivity index (χ2n) is 7.98. The molecule has 0 saturated carbocycles. The third kappa shape index (κ3) is 3.96. The number of furan rings is 1. The van der Waals surface area contributed by atoms with Gasteiger partial charge in [-0.2, -0.15) is 13.2 Å². The maximum Gasteiger partial charge on any atom is 0.416 e. The number of halogens is 4. The number of thiophene rings is 1. The highest BCUT2D eigenvalue weighted by atomic mass is 79.9. The number of carbonyl (C=O) groups excluding carboxylic acids is 2. The number of hydrogen-bond donors (Lipinski definition) is 1. The van der Waals surface area contributed by atoms with Crippen molar-refractivity contribution in [1.82, 2.24) is 0 Å². The van der Waals surface area contributed by atoms with E-state index in [1.54, 1.807) is 36.6 Å². The first-order chi connectivity index (χ1) is 16.6. The van der Waals surface area contributed by atoms with Crippen molar-refractivity contribution in [3.05, 3.63) is 97.5 Å². The molecule has 0 bridgehead atoms. The second kappa shape index (κ2) is 8.39. The van der Waals surface area contributed by atoms with Crippen LogP contribution in [0.1, 0.15) is 32.6 Å². The van der Waals surface area contributed by atoms with Crippen LogP contribution in [0.4, 0.5) is 18.9 Å². The summed E-state index contributed by atoms with van der Waals surface area (Å²) in [5, 5.41) is 13.2. The molecule has 5 rings (SSSR count). The van der Waals surface area contributed by atoms with Crippen LogP contribution in [-0.4, -0.2) is 16.8 Å². The van der Waals surface area contributed by atoms with Crippen LogP contribution in [0, 0.1) is 6.92 Å². The van der Waals surface area contributed by atoms with Gasteiger partial charge in [-0.1, -0.05) is 22.0 Å². The van der Waals surface area contributed by atoms with Crippen LogP contribution in [0.25, 0.3) is 11.0 Å². The normalized spacial score (nSPS) is 16.5. The number of nitrogens with zero attached hydrogens (tertiary/aromatic N) is 1. The van der Waals surface area contributed by atoms with Crippen molar-refractivity contribution in [3.8, 4) is 0 Å². The third-order valence-corrected chi connectivity index (χ3v) is 7.32. The molecule has 1 N–H and O–H groups in total. The molecule has 10 heteroatoms. The number of rotatable bonds is 4. The first kappa shape index (κ1) is 23.4. The SMILES string of the molecule is Cc1ccsc1C1C(C(=O)c2cc3cc(Br)ccc3o2)=C(O)C(=O)N1c1cccc(C(F)(F)F)c1. The first-order valence-corrected chi connectivity index (χ1v) is 12.0. The number of ketones is 1. The molecule has 1 aliphatic heterocycles. The number of amides is 1. The molecular weight excluding hydrogens is 547 g/mol. The Morgan fingerprint density at radius 1 is 1.14 bits per heavy atom. The van der Waals surface area contributed by atoms with E-state index in [-0.39, 0.29) is 17.0 Å². The summed E-state index contributed by atoms with van der Waals surface area (Å²) in [5.74, 6) is -2.62. The first-order valence-electron chi connectivity index (χ1n) is 10.3. The maximum absolute atomic E-state index is 13.6. The van der Waals surface area contributed by atoms with Crippen LogP contribution >= 0.6 is 27.3 Å². The fourth-order valence-corrected chi connectivity index (χ4v) is 5.51. The van der Waals surface area contributed by atoms with Crippen LogP contribution < -0.4 is 4.90 Å². The quantitative estimate of drug-likeness (QED) is 0.264. The van der Waals surface area contributed by atoms with Crippen molar-refractivity contribution in [2.45, 2.75) is 19.1 Å². The number of aliphatic hydroxyl groups is 1. The molecule has 2 aromatic carbocycles. The molecule has 1 unspecified atom stereocenters. The van der Waals surface area contributed by atoms with E-state index in [0.29, 0.717) is 15.8 Å². The predicted octanol–water partition coefficient (Wildman–Crippen LogP) is 7.37. The van der Waals surface area contributed by atoms with Gasteiger partial charge in [-0.15, -0.1) is 11.3 Å². The average molecular weight is 562 g/mol. The van der Waals surface area contributed by atoms with E-state index in [9.17, 15) is 27.9 Å². The number of alkyl halides is 3. The second-order valence-corrected chi connectivity index (χ2v) is 9.84. The van der Waals surface area contributed by atoms with Gasteiger partial charge in [-0.05, 0) is 66.4 Å². The van der Waals surface area contributed by atoms with Crippen LogP contribution in [-0.2, 0) is 11.0 Å². The van der Waals surface area contributed by atoms with E-state index >= 15 is 0 Å². The fraction of sp³-hybridized carbons (Fsp3) is 0.120. The minimum absolute atomic E-state index is 0.0921. The van der Waals surface area contributed by atoms with Gasteiger partial charge < -0.3 is 9.52 Å². The number of aliphatic hydroxyl groups excluding tert-OH is 1. The number of Topliss-reactive ketones (excluding diaryl/α,β-unsaturated/α-hetero) is 1. The number of carbonyl (C=O) groups is 2. The highest BCUT2D eigenvalue weighted by Gasteiger charge is 2.47. The van der Waals surface area contributed by atoms with E-state index in [0.717, 1.165) is 27.1 Å². The Hall–Kier alpha value is -3.37. The highest BCUT2D eigenvalue weighted by Crippen LogP contribution is 2.45. The van der Waals surface area contributed by atoms with Gasteiger partial charge >= 0.3 is 6.18 Å². The molecule has 4 aromatic rings. The molecule has 0 radical (unpaired) electrons. The number of aryl methyl sites for hydroxylation is 1. The lowest BCUT2D eigenvalue weighted by Crippen LogP contribution is -2.31. The Labute approximate surface area is 209 Å². The summed E-state index contributed by atoms with van der Waals surface area (Å²) >= 11 is 4.59. The van der Waals surface area contributed by atoms with Gasteiger partial charge in [0.25, 0.3) is 5.91 Å². The van der Waals surface area contributed by atoms with Gasteiger partial charge in [0.2, 0.25) is 5.78 Å². The summed E-state index contributed by atoms with van der Waals surface area (Å²) in [5.41, 5.74) is -0.147. The number of benzene rings is 2. The summed E-state index contributed by atoms with van der Waals surface area (Å²) in [6.45, 7) is 1.76. The van der Waals surface area contributed by atoms with Gasteiger partial charge in [-0.25, -0.2) is 0 Å². The van der Waals surface area contributed by atoms with Crippen molar-refractivity contribution < 1.29 is 32.3 Å². The number of hydrogen-bond acceptors (Lipinski definition) is 5. The van der Waals surface area contributed by atoms with Crippen molar-refractivity contribution in [2.24, 2.45) is 0 Å². The monoisotopic (exact) mass is 561 g/mol. The van der Waals surface area contributed by atoms with Gasteiger partial charge in [0.1, 0.15) is 11.6 Å². The Bertz CT molecular complexity index is 1530. The molecule has 1 amide bonds. The predicted molar refractivity (Wildman–Crippen MR) is 129 cm³/mol. The molecule has 1 aliphatic rings. The van der Waals surface area contributed by atoms with Gasteiger partial charge in [0.05, 0.1) is 11.1 Å². The largest absolute Gasteiger partial charge is 0.503 e. The van der Waals surface area contributed by atoms with Gasteiger partial charge in [-0.3, -0.25) is 14.5 Å². The maximum atomic E-state index is 13.6. The Kier molecular flexibility index (Phi) is 5.60. The topological polar surface area (TPSA) is 70.7 Å². The molecule has 1 atom stereocenters. The van der Waals surface area contributed by atoms with Crippen LogP contribution in [0.2, 0.25) is 0 Å². The standard InChI is InChI=1S/C25H15BrF3NO4S/c1-12-7-8-35-23(12)20-19(21(31)18-10-13-9-15(26)5-6-17(13)34-18)22(32)24(33)30(20)16-4-2-3-14(11-16)25(27,28)29/h2-11,20,32H,1H3. The molecule has 0 aliphatic carbocycles. The zero-order valence-electron chi connectivity index (χ0n) is 17.9. The molecular formula is C25H15BrF3NO4S. The zero-order valence-corrected chi connectivity index (χ0v) is 20.3. The molecule has 0 fully saturated rings. The van der Waals surface area contributed by atoms with Gasteiger partial charge in [0.15, 0.2) is 11.5 Å². The van der Waals surface area contributed by atoms with Crippen molar-refractivity contribution in [3.63, 3.8) is 0 Å². The van der Waals surface area contributed by atoms with Crippen LogP contribution in [0.5, 0.6) is 0 Å². The lowest BCUT2D eigenvalue weighted by Gasteiger charge is -2.27. The number of fused-ring (bicyclic) bond motifs is 1.